The minimum absolute atomic E-state index is 0.0403. The zero-order valence-corrected chi connectivity index (χ0v) is 10.2. The molecule has 0 unspecified atom stereocenters. The summed E-state index contributed by atoms with van der Waals surface area (Å²) in [5.41, 5.74) is 0.304. The molecule has 1 aromatic rings. The number of hydrogen-bond acceptors (Lipinski definition) is 4. The fourth-order valence-corrected chi connectivity index (χ4v) is 3.19. The molecule has 1 fully saturated rings. The first kappa shape index (κ1) is 12.1. The molecule has 0 radical (unpaired) electrons. The van der Waals surface area contributed by atoms with Crippen molar-refractivity contribution in [2.45, 2.75) is 6.42 Å². The predicted molar refractivity (Wildman–Crippen MR) is 62.5 cm³/mol. The van der Waals surface area contributed by atoms with E-state index in [1.165, 1.54) is 24.3 Å². The molecule has 0 N–H and O–H groups in total. The lowest BCUT2D eigenvalue weighted by atomic mass is 10.2. The molecule has 1 aromatic carbocycles. The van der Waals surface area contributed by atoms with Crippen LogP contribution in [0.3, 0.4) is 0 Å². The molecule has 0 spiro atoms. The van der Waals surface area contributed by atoms with Crippen LogP contribution in [0.2, 0.25) is 0 Å². The molecular weight excluding hydrogens is 266 g/mol. The lowest BCUT2D eigenvalue weighted by Crippen LogP contribution is -2.29. The Balaban J connectivity index is 2.50. The minimum Gasteiger partial charge on any atom is -0.276 e. The summed E-state index contributed by atoms with van der Waals surface area (Å²) in [6.07, 6.45) is -0.0403. The Morgan fingerprint density at radius 3 is 2.59 bits per heavy atom. The van der Waals surface area contributed by atoms with Crippen LogP contribution in [0.25, 0.3) is 0 Å². The first-order valence-electron chi connectivity index (χ1n) is 4.77. The highest BCUT2D eigenvalue weighted by Crippen LogP contribution is 2.26. The van der Waals surface area contributed by atoms with Crippen molar-refractivity contribution < 1.29 is 18.0 Å². The molecule has 1 saturated heterocycles. The van der Waals surface area contributed by atoms with Gasteiger partial charge in [0.1, 0.15) is 0 Å². The van der Waals surface area contributed by atoms with E-state index in [1.807, 2.05) is 0 Å². The number of carbonyl (C=O) groups is 2. The van der Waals surface area contributed by atoms with E-state index in [9.17, 15) is 18.0 Å². The van der Waals surface area contributed by atoms with Gasteiger partial charge in [-0.25, -0.2) is 12.7 Å². The van der Waals surface area contributed by atoms with Gasteiger partial charge in [0, 0.05) is 12.0 Å². The normalized spacial score (nSPS) is 18.4. The summed E-state index contributed by atoms with van der Waals surface area (Å²) >= 11 is 5.30. The van der Waals surface area contributed by atoms with Gasteiger partial charge in [0.15, 0.2) is 0 Å². The number of nitrogens with zero attached hydrogens (tertiary/aromatic N) is 1. The number of rotatable bonds is 2. The number of amides is 1. The summed E-state index contributed by atoms with van der Waals surface area (Å²) in [5, 5.41) is -0.698. The van der Waals surface area contributed by atoms with E-state index in [2.05, 4.69) is 0 Å². The van der Waals surface area contributed by atoms with Crippen LogP contribution in [0.1, 0.15) is 16.8 Å². The summed E-state index contributed by atoms with van der Waals surface area (Å²) < 4.78 is 24.0. The molecule has 1 aliphatic heterocycles. The van der Waals surface area contributed by atoms with E-state index in [0.717, 1.165) is 4.31 Å². The summed E-state index contributed by atoms with van der Waals surface area (Å²) in [4.78, 5) is 22.5. The van der Waals surface area contributed by atoms with Crippen LogP contribution in [0, 0.1) is 0 Å². The zero-order chi connectivity index (χ0) is 12.6. The Hall–Kier alpha value is -1.40. The van der Waals surface area contributed by atoms with Gasteiger partial charge in [0.05, 0.1) is 11.4 Å². The number of sulfonamides is 1. The Labute approximate surface area is 103 Å². The molecule has 2 rings (SSSR count). The fourth-order valence-electron chi connectivity index (χ4n) is 1.62. The summed E-state index contributed by atoms with van der Waals surface area (Å²) in [7, 11) is -3.60. The Morgan fingerprint density at radius 1 is 1.35 bits per heavy atom. The predicted octanol–water partition coefficient (Wildman–Crippen LogP) is 1.13. The summed E-state index contributed by atoms with van der Waals surface area (Å²) in [6.45, 7) is 0. The zero-order valence-electron chi connectivity index (χ0n) is 8.59. The molecule has 1 aliphatic rings. The number of anilines is 1. The smallest absolute Gasteiger partial charge is 0.252 e. The van der Waals surface area contributed by atoms with Crippen molar-refractivity contribution >= 4 is 38.5 Å². The van der Waals surface area contributed by atoms with Gasteiger partial charge in [-0.3, -0.25) is 9.59 Å². The largest absolute Gasteiger partial charge is 0.276 e. The van der Waals surface area contributed by atoms with Crippen molar-refractivity contribution in [3.05, 3.63) is 29.8 Å². The monoisotopic (exact) mass is 273 g/mol. The molecule has 0 bridgehead atoms. The lowest BCUT2D eigenvalue weighted by Gasteiger charge is -2.15. The SMILES string of the molecule is O=C(Cl)c1cccc(N2C(=O)CCS2(=O)=O)c1. The van der Waals surface area contributed by atoms with Crippen LogP contribution in [-0.2, 0) is 14.8 Å². The molecule has 0 aliphatic carbocycles. The van der Waals surface area contributed by atoms with Crippen LogP contribution in [-0.4, -0.2) is 25.3 Å². The third-order valence-electron chi connectivity index (χ3n) is 2.39. The molecule has 1 heterocycles. The van der Waals surface area contributed by atoms with Gasteiger partial charge in [0.2, 0.25) is 15.9 Å². The second-order valence-electron chi connectivity index (χ2n) is 3.55. The van der Waals surface area contributed by atoms with E-state index in [0.29, 0.717) is 0 Å². The third kappa shape index (κ3) is 2.18. The van der Waals surface area contributed by atoms with E-state index >= 15 is 0 Å². The summed E-state index contributed by atoms with van der Waals surface area (Å²) in [5.74, 6) is -0.700. The van der Waals surface area contributed by atoms with Crippen molar-refractivity contribution in [2.24, 2.45) is 0 Å². The quantitative estimate of drug-likeness (QED) is 0.758. The second kappa shape index (κ2) is 4.12. The van der Waals surface area contributed by atoms with Gasteiger partial charge in [-0.15, -0.1) is 0 Å². The van der Waals surface area contributed by atoms with Crippen molar-refractivity contribution in [1.29, 1.82) is 0 Å². The van der Waals surface area contributed by atoms with Crippen LogP contribution in [0.5, 0.6) is 0 Å². The minimum atomic E-state index is -3.60. The van der Waals surface area contributed by atoms with Crippen molar-refractivity contribution in [2.75, 3.05) is 10.1 Å². The maximum absolute atomic E-state index is 11.6. The third-order valence-corrected chi connectivity index (χ3v) is 4.30. The van der Waals surface area contributed by atoms with Crippen LogP contribution in [0.15, 0.2) is 24.3 Å². The lowest BCUT2D eigenvalue weighted by molar-refractivity contribution is -0.116. The van der Waals surface area contributed by atoms with Crippen molar-refractivity contribution in [1.82, 2.24) is 0 Å². The highest BCUT2D eigenvalue weighted by Gasteiger charge is 2.36. The number of carbonyl (C=O) groups excluding carboxylic acids is 2. The standard InChI is InChI=1S/C10H8ClNO4S/c11-10(14)7-2-1-3-8(6-7)12-9(13)4-5-17(12,15)16/h1-3,6H,4-5H2. The summed E-state index contributed by atoms with van der Waals surface area (Å²) in [6, 6.07) is 5.66. The second-order valence-corrected chi connectivity index (χ2v) is 5.83. The van der Waals surface area contributed by atoms with Crippen LogP contribution < -0.4 is 4.31 Å². The van der Waals surface area contributed by atoms with Gasteiger partial charge in [-0.05, 0) is 29.8 Å². The number of benzene rings is 1. The van der Waals surface area contributed by atoms with Crippen LogP contribution >= 0.6 is 11.6 Å². The molecule has 90 valence electrons. The van der Waals surface area contributed by atoms with E-state index in [1.54, 1.807) is 0 Å². The Bertz CT molecular complexity index is 596. The van der Waals surface area contributed by atoms with Gasteiger partial charge >= 0.3 is 0 Å². The average Bonchev–Trinajstić information content (AvgIpc) is 2.53. The molecule has 17 heavy (non-hydrogen) atoms. The fraction of sp³-hybridized carbons (Fsp3) is 0.200. The molecule has 0 saturated carbocycles. The first-order valence-corrected chi connectivity index (χ1v) is 6.76. The molecule has 0 aromatic heterocycles. The number of hydrogen-bond donors (Lipinski definition) is 0. The maximum atomic E-state index is 11.6. The van der Waals surface area contributed by atoms with Crippen molar-refractivity contribution in [3.8, 4) is 0 Å². The van der Waals surface area contributed by atoms with Gasteiger partial charge in [0.25, 0.3) is 5.24 Å². The molecular formula is C10H8ClNO4S. The highest BCUT2D eigenvalue weighted by atomic mass is 35.5. The molecule has 7 heteroatoms. The van der Waals surface area contributed by atoms with E-state index < -0.39 is 21.2 Å². The first-order chi connectivity index (χ1) is 7.92. The highest BCUT2D eigenvalue weighted by molar-refractivity contribution is 7.94. The van der Waals surface area contributed by atoms with Gasteiger partial charge in [-0.1, -0.05) is 6.07 Å². The van der Waals surface area contributed by atoms with Gasteiger partial charge < -0.3 is 0 Å². The molecule has 1 amide bonds. The van der Waals surface area contributed by atoms with E-state index in [4.69, 9.17) is 11.6 Å². The average molecular weight is 274 g/mol. The van der Waals surface area contributed by atoms with Crippen molar-refractivity contribution in [3.63, 3.8) is 0 Å². The Morgan fingerprint density at radius 2 is 2.06 bits per heavy atom. The molecule has 5 nitrogen and oxygen atoms in total. The van der Waals surface area contributed by atoms with Crippen LogP contribution in [0.4, 0.5) is 5.69 Å². The molecule has 0 atom stereocenters. The topological polar surface area (TPSA) is 71.5 Å². The maximum Gasteiger partial charge on any atom is 0.252 e. The van der Waals surface area contributed by atoms with Gasteiger partial charge in [-0.2, -0.15) is 0 Å². The Kier molecular flexibility index (Phi) is 2.92. The van der Waals surface area contributed by atoms with E-state index in [-0.39, 0.29) is 23.4 Å². The number of halogens is 1.